The van der Waals surface area contributed by atoms with Crippen LogP contribution in [-0.2, 0) is 0 Å². The van der Waals surface area contributed by atoms with Gasteiger partial charge in [-0.3, -0.25) is 4.98 Å². The molecule has 3 aromatic heterocycles. The van der Waals surface area contributed by atoms with Gasteiger partial charge in [0.05, 0.1) is 17.6 Å². The first kappa shape index (κ1) is 11.1. The van der Waals surface area contributed by atoms with E-state index in [2.05, 4.69) is 28.2 Å². The Bertz CT molecular complexity index is 828. The van der Waals surface area contributed by atoms with Crippen molar-refractivity contribution in [2.75, 3.05) is 0 Å². The lowest BCUT2D eigenvalue weighted by Crippen LogP contribution is -1.98. The molecule has 1 aliphatic carbocycles. The first-order chi connectivity index (χ1) is 9.92. The Balaban J connectivity index is 1.88. The van der Waals surface area contributed by atoms with E-state index in [1.807, 2.05) is 35.0 Å². The van der Waals surface area contributed by atoms with Gasteiger partial charge in [-0.05, 0) is 36.3 Å². The van der Waals surface area contributed by atoms with Crippen LogP contribution in [0.1, 0.15) is 12.1 Å². The van der Waals surface area contributed by atoms with Crippen molar-refractivity contribution in [2.24, 2.45) is 0 Å². The lowest BCUT2D eigenvalue weighted by atomic mass is 10.2. The van der Waals surface area contributed by atoms with Crippen LogP contribution in [-0.4, -0.2) is 19.6 Å². The van der Waals surface area contributed by atoms with E-state index in [0.717, 1.165) is 29.0 Å². The van der Waals surface area contributed by atoms with Crippen LogP contribution in [0.4, 0.5) is 0 Å². The molecule has 0 amide bonds. The van der Waals surface area contributed by atoms with Gasteiger partial charge in [0.2, 0.25) is 0 Å². The predicted molar refractivity (Wildman–Crippen MR) is 78.0 cm³/mol. The van der Waals surface area contributed by atoms with E-state index < -0.39 is 0 Å². The number of imidazole rings is 1. The number of rotatable bonds is 2. The highest BCUT2D eigenvalue weighted by Gasteiger charge is 2.11. The molecule has 0 aromatic carbocycles. The van der Waals surface area contributed by atoms with Crippen LogP contribution in [0.25, 0.3) is 22.5 Å². The maximum atomic E-state index is 4.71. The van der Waals surface area contributed by atoms with Gasteiger partial charge in [0.15, 0.2) is 5.65 Å². The number of hydrogen-bond donors (Lipinski definition) is 0. The molecule has 20 heavy (non-hydrogen) atoms. The van der Waals surface area contributed by atoms with E-state index >= 15 is 0 Å². The van der Waals surface area contributed by atoms with Crippen LogP contribution < -0.4 is 0 Å². The summed E-state index contributed by atoms with van der Waals surface area (Å²) in [6.07, 6.45) is 12.7. The summed E-state index contributed by atoms with van der Waals surface area (Å²) in [6, 6.07) is 7.90. The Kier molecular flexibility index (Phi) is 2.45. The standard InChI is InChI=1S/C16H12N4/c1-2-4-13(3-1)15-11-18-16-6-5-14(19-20(15)16)12-7-9-17-10-8-12/h1-3,5-11H,4H2. The van der Waals surface area contributed by atoms with Crippen LogP contribution >= 0.6 is 0 Å². The second-order valence-electron chi connectivity index (χ2n) is 4.69. The maximum absolute atomic E-state index is 4.71. The number of aromatic nitrogens is 4. The van der Waals surface area contributed by atoms with Gasteiger partial charge in [0.1, 0.15) is 0 Å². The summed E-state index contributed by atoms with van der Waals surface area (Å²) in [5, 5.41) is 4.71. The highest BCUT2D eigenvalue weighted by molar-refractivity contribution is 5.70. The average molecular weight is 260 g/mol. The Labute approximate surface area is 116 Å². The number of hydrogen-bond acceptors (Lipinski definition) is 3. The molecule has 0 unspecified atom stereocenters. The van der Waals surface area contributed by atoms with Gasteiger partial charge in [0.25, 0.3) is 0 Å². The molecule has 0 saturated heterocycles. The van der Waals surface area contributed by atoms with E-state index in [0.29, 0.717) is 0 Å². The molecule has 4 heteroatoms. The van der Waals surface area contributed by atoms with E-state index in [-0.39, 0.29) is 0 Å². The van der Waals surface area contributed by atoms with Crippen LogP contribution in [0.3, 0.4) is 0 Å². The number of nitrogens with zero attached hydrogens (tertiary/aromatic N) is 4. The molecule has 4 rings (SSSR count). The van der Waals surface area contributed by atoms with Crippen molar-refractivity contribution in [3.05, 3.63) is 66.8 Å². The zero-order valence-electron chi connectivity index (χ0n) is 10.8. The van der Waals surface area contributed by atoms with Crippen molar-refractivity contribution in [1.29, 1.82) is 0 Å². The lowest BCUT2D eigenvalue weighted by molar-refractivity contribution is 0.924. The minimum absolute atomic E-state index is 0.866. The minimum atomic E-state index is 0.866. The quantitative estimate of drug-likeness (QED) is 0.711. The molecule has 4 nitrogen and oxygen atoms in total. The Hall–Kier alpha value is -2.75. The van der Waals surface area contributed by atoms with Crippen molar-refractivity contribution >= 4 is 11.2 Å². The van der Waals surface area contributed by atoms with Gasteiger partial charge in [0, 0.05) is 18.0 Å². The third kappa shape index (κ3) is 1.73. The van der Waals surface area contributed by atoms with Gasteiger partial charge >= 0.3 is 0 Å². The minimum Gasteiger partial charge on any atom is -0.265 e. The van der Waals surface area contributed by atoms with Crippen molar-refractivity contribution in [3.63, 3.8) is 0 Å². The predicted octanol–water partition coefficient (Wildman–Crippen LogP) is 3.13. The summed E-state index contributed by atoms with van der Waals surface area (Å²) in [6.45, 7) is 0. The summed E-state index contributed by atoms with van der Waals surface area (Å²) in [5.74, 6) is 0. The topological polar surface area (TPSA) is 43.1 Å². The van der Waals surface area contributed by atoms with Crippen molar-refractivity contribution in [1.82, 2.24) is 19.6 Å². The Morgan fingerprint density at radius 1 is 1.05 bits per heavy atom. The molecule has 0 N–H and O–H groups in total. The van der Waals surface area contributed by atoms with Gasteiger partial charge in [-0.25, -0.2) is 9.50 Å². The summed E-state index contributed by atoms with van der Waals surface area (Å²) in [4.78, 5) is 8.46. The number of allylic oxidation sites excluding steroid dienone is 4. The highest BCUT2D eigenvalue weighted by atomic mass is 15.3. The molecule has 96 valence electrons. The summed E-state index contributed by atoms with van der Waals surface area (Å²) in [7, 11) is 0. The van der Waals surface area contributed by atoms with Crippen LogP contribution in [0.2, 0.25) is 0 Å². The van der Waals surface area contributed by atoms with Gasteiger partial charge in [-0.2, -0.15) is 5.10 Å². The largest absolute Gasteiger partial charge is 0.265 e. The molecule has 0 fully saturated rings. The fourth-order valence-corrected chi connectivity index (χ4v) is 2.41. The third-order valence-electron chi connectivity index (χ3n) is 3.44. The average Bonchev–Trinajstić information content (AvgIpc) is 3.16. The molecule has 0 spiro atoms. The van der Waals surface area contributed by atoms with Crippen LogP contribution in [0.5, 0.6) is 0 Å². The molecule has 0 saturated carbocycles. The summed E-state index contributed by atoms with van der Waals surface area (Å²) >= 11 is 0. The molecule has 0 atom stereocenters. The fraction of sp³-hybridized carbons (Fsp3) is 0.0625. The van der Waals surface area contributed by atoms with Crippen LogP contribution in [0, 0.1) is 0 Å². The summed E-state index contributed by atoms with van der Waals surface area (Å²) < 4.78 is 1.91. The van der Waals surface area contributed by atoms with Crippen molar-refractivity contribution < 1.29 is 0 Å². The van der Waals surface area contributed by atoms with Crippen LogP contribution in [0.15, 0.2) is 61.1 Å². The van der Waals surface area contributed by atoms with Crippen molar-refractivity contribution in [3.8, 4) is 11.3 Å². The third-order valence-corrected chi connectivity index (χ3v) is 3.44. The van der Waals surface area contributed by atoms with Crippen molar-refractivity contribution in [2.45, 2.75) is 6.42 Å². The summed E-state index contributed by atoms with van der Waals surface area (Å²) in [5.41, 5.74) is 5.15. The van der Waals surface area contributed by atoms with E-state index in [9.17, 15) is 0 Å². The molecule has 0 aliphatic heterocycles. The Morgan fingerprint density at radius 3 is 2.75 bits per heavy atom. The number of pyridine rings is 1. The first-order valence-corrected chi connectivity index (χ1v) is 6.53. The lowest BCUT2D eigenvalue weighted by Gasteiger charge is -2.04. The maximum Gasteiger partial charge on any atom is 0.154 e. The molecule has 3 aromatic rings. The molecule has 0 radical (unpaired) electrons. The number of fused-ring (bicyclic) bond motifs is 1. The highest BCUT2D eigenvalue weighted by Crippen LogP contribution is 2.24. The molecule has 1 aliphatic rings. The normalized spacial score (nSPS) is 13.9. The SMILES string of the molecule is C1=CCC(c2cnc3ccc(-c4ccncc4)nn23)=C1. The Morgan fingerprint density at radius 2 is 1.95 bits per heavy atom. The first-order valence-electron chi connectivity index (χ1n) is 6.53. The van der Waals surface area contributed by atoms with Gasteiger partial charge in [-0.1, -0.05) is 18.2 Å². The molecule has 0 bridgehead atoms. The van der Waals surface area contributed by atoms with E-state index in [4.69, 9.17) is 5.10 Å². The van der Waals surface area contributed by atoms with Gasteiger partial charge in [-0.15, -0.1) is 0 Å². The molecular weight excluding hydrogens is 248 g/mol. The molecule has 3 heterocycles. The van der Waals surface area contributed by atoms with Gasteiger partial charge < -0.3 is 0 Å². The monoisotopic (exact) mass is 260 g/mol. The second-order valence-corrected chi connectivity index (χ2v) is 4.69. The fourth-order valence-electron chi connectivity index (χ4n) is 2.41. The molecular formula is C16H12N4. The van der Waals surface area contributed by atoms with E-state index in [1.54, 1.807) is 12.4 Å². The zero-order chi connectivity index (χ0) is 13.4. The smallest absolute Gasteiger partial charge is 0.154 e. The zero-order valence-corrected chi connectivity index (χ0v) is 10.8. The van der Waals surface area contributed by atoms with E-state index in [1.165, 1.54) is 5.57 Å². The second kappa shape index (κ2) is 4.42.